The smallest absolute Gasteiger partial charge is 0.162 e. The molecule has 0 spiro atoms. The van der Waals surface area contributed by atoms with E-state index in [0.717, 1.165) is 35.3 Å². The van der Waals surface area contributed by atoms with Crippen LogP contribution >= 0.6 is 27.5 Å². The Bertz CT molecular complexity index is 531. The van der Waals surface area contributed by atoms with Crippen molar-refractivity contribution in [2.45, 2.75) is 63.9 Å². The zero-order valence-electron chi connectivity index (χ0n) is 12.7. The van der Waals surface area contributed by atoms with Crippen molar-refractivity contribution in [2.75, 3.05) is 6.61 Å². The molecule has 2 fully saturated rings. The van der Waals surface area contributed by atoms with Crippen LogP contribution in [0.25, 0.3) is 0 Å². The lowest BCUT2D eigenvalue weighted by molar-refractivity contribution is -0.0882. The normalized spacial score (nSPS) is 29.6. The summed E-state index contributed by atoms with van der Waals surface area (Å²) < 4.78 is 7.04. The van der Waals surface area contributed by atoms with Crippen molar-refractivity contribution < 1.29 is 4.74 Å². The molecule has 1 aromatic heterocycles. The summed E-state index contributed by atoms with van der Waals surface area (Å²) in [5.74, 6) is 1.98. The van der Waals surface area contributed by atoms with E-state index in [4.69, 9.17) is 21.3 Å². The fraction of sp³-hybridized carbons (Fsp3) is 0.750. The minimum atomic E-state index is -0.347. The molecule has 0 radical (unpaired) electrons. The molecule has 2 saturated carbocycles. The summed E-state index contributed by atoms with van der Waals surface area (Å²) in [6.45, 7) is 5.01. The minimum absolute atomic E-state index is 0.347. The molecule has 2 atom stereocenters. The van der Waals surface area contributed by atoms with Crippen molar-refractivity contribution >= 4 is 27.5 Å². The van der Waals surface area contributed by atoms with E-state index in [1.807, 2.05) is 6.92 Å². The highest BCUT2D eigenvalue weighted by atomic mass is 79.9. The number of rotatable bonds is 4. The Labute approximate surface area is 140 Å². The van der Waals surface area contributed by atoms with Crippen LogP contribution in [0.15, 0.2) is 4.47 Å². The Morgan fingerprint density at radius 1 is 1.33 bits per heavy atom. The summed E-state index contributed by atoms with van der Waals surface area (Å²) >= 11 is 9.90. The third kappa shape index (κ3) is 3.13. The Kier molecular flexibility index (Phi) is 4.58. The number of aromatic nitrogens is 2. The highest BCUT2D eigenvalue weighted by Crippen LogP contribution is 2.47. The molecule has 1 heterocycles. The van der Waals surface area contributed by atoms with E-state index < -0.39 is 0 Å². The molecule has 1 aromatic rings. The van der Waals surface area contributed by atoms with E-state index in [9.17, 15) is 0 Å². The number of hydrogen-bond donors (Lipinski definition) is 0. The molecule has 3 nitrogen and oxygen atoms in total. The summed E-state index contributed by atoms with van der Waals surface area (Å²) in [5, 5.41) is 0.527. The highest BCUT2D eigenvalue weighted by molar-refractivity contribution is 9.10. The molecule has 5 heteroatoms. The number of nitrogens with zero attached hydrogens (tertiary/aromatic N) is 2. The fourth-order valence-electron chi connectivity index (χ4n) is 3.45. The van der Waals surface area contributed by atoms with Crippen LogP contribution in [0.4, 0.5) is 0 Å². The summed E-state index contributed by atoms with van der Waals surface area (Å²) in [5.41, 5.74) is 0.725. The molecule has 3 rings (SSSR count). The van der Waals surface area contributed by atoms with E-state index in [-0.39, 0.29) is 5.60 Å². The highest BCUT2D eigenvalue weighted by Gasteiger charge is 2.41. The summed E-state index contributed by atoms with van der Waals surface area (Å²) in [6, 6.07) is 0. The first-order valence-corrected chi connectivity index (χ1v) is 9.10. The number of ether oxygens (including phenoxy) is 1. The first-order chi connectivity index (χ1) is 10.1. The third-order valence-electron chi connectivity index (χ3n) is 4.58. The van der Waals surface area contributed by atoms with Gasteiger partial charge in [0.2, 0.25) is 0 Å². The van der Waals surface area contributed by atoms with Crippen LogP contribution in [-0.2, 0) is 10.3 Å². The van der Waals surface area contributed by atoms with Crippen molar-refractivity contribution in [3.05, 3.63) is 21.1 Å². The Hall–Kier alpha value is -0.190. The van der Waals surface area contributed by atoms with E-state index >= 15 is 0 Å². The molecule has 0 saturated heterocycles. The van der Waals surface area contributed by atoms with E-state index in [2.05, 4.69) is 27.8 Å². The van der Waals surface area contributed by atoms with E-state index in [1.54, 1.807) is 0 Å². The van der Waals surface area contributed by atoms with Crippen molar-refractivity contribution in [3.63, 3.8) is 0 Å². The first kappa shape index (κ1) is 15.7. The predicted molar refractivity (Wildman–Crippen MR) is 87.7 cm³/mol. The van der Waals surface area contributed by atoms with Crippen LogP contribution in [0.1, 0.15) is 69.8 Å². The van der Waals surface area contributed by atoms with Gasteiger partial charge in [-0.05, 0) is 60.9 Å². The van der Waals surface area contributed by atoms with E-state index in [0.29, 0.717) is 23.6 Å². The quantitative estimate of drug-likeness (QED) is 0.679. The van der Waals surface area contributed by atoms with Gasteiger partial charge in [-0.1, -0.05) is 24.9 Å². The topological polar surface area (TPSA) is 35.0 Å². The van der Waals surface area contributed by atoms with Crippen LogP contribution in [0.2, 0.25) is 5.15 Å². The van der Waals surface area contributed by atoms with Gasteiger partial charge in [-0.15, -0.1) is 0 Å². The van der Waals surface area contributed by atoms with Gasteiger partial charge in [0.15, 0.2) is 5.82 Å². The fourth-order valence-corrected chi connectivity index (χ4v) is 4.12. The van der Waals surface area contributed by atoms with E-state index in [1.165, 1.54) is 19.3 Å². The zero-order chi connectivity index (χ0) is 15.0. The first-order valence-electron chi connectivity index (χ1n) is 7.93. The molecule has 0 aliphatic heterocycles. The molecule has 2 aliphatic rings. The van der Waals surface area contributed by atoms with Crippen LogP contribution < -0.4 is 0 Å². The molecule has 21 heavy (non-hydrogen) atoms. The van der Waals surface area contributed by atoms with Gasteiger partial charge in [-0.2, -0.15) is 0 Å². The van der Waals surface area contributed by atoms with Gasteiger partial charge in [-0.25, -0.2) is 9.97 Å². The SMILES string of the molecule is CCOC1(c2nc(Cl)c(Br)c(C3CC3)n2)CCCC(C)C1. The van der Waals surface area contributed by atoms with Gasteiger partial charge < -0.3 is 4.74 Å². The Morgan fingerprint density at radius 2 is 2.10 bits per heavy atom. The second kappa shape index (κ2) is 6.13. The van der Waals surface area contributed by atoms with Gasteiger partial charge in [0.05, 0.1) is 10.2 Å². The van der Waals surface area contributed by atoms with Gasteiger partial charge >= 0.3 is 0 Å². The molecule has 0 aromatic carbocycles. The van der Waals surface area contributed by atoms with Crippen LogP contribution in [0.3, 0.4) is 0 Å². The Balaban J connectivity index is 2.02. The van der Waals surface area contributed by atoms with Gasteiger partial charge in [-0.3, -0.25) is 0 Å². The molecule has 0 bridgehead atoms. The molecule has 116 valence electrons. The van der Waals surface area contributed by atoms with Gasteiger partial charge in [0.25, 0.3) is 0 Å². The molecule has 2 unspecified atom stereocenters. The largest absolute Gasteiger partial charge is 0.367 e. The van der Waals surface area contributed by atoms with Crippen LogP contribution in [-0.4, -0.2) is 16.6 Å². The summed E-state index contributed by atoms with van der Waals surface area (Å²) in [4.78, 5) is 9.45. The van der Waals surface area contributed by atoms with Crippen molar-refractivity contribution in [3.8, 4) is 0 Å². The second-order valence-corrected chi connectivity index (χ2v) is 7.59. The van der Waals surface area contributed by atoms with Crippen molar-refractivity contribution in [1.29, 1.82) is 0 Å². The second-order valence-electron chi connectivity index (χ2n) is 6.44. The molecular weight excluding hydrogens is 352 g/mol. The average molecular weight is 374 g/mol. The summed E-state index contributed by atoms with van der Waals surface area (Å²) in [6.07, 6.45) is 6.80. The molecule has 2 aliphatic carbocycles. The predicted octanol–water partition coefficient (Wildman–Crippen LogP) is 5.21. The van der Waals surface area contributed by atoms with Crippen LogP contribution in [0, 0.1) is 5.92 Å². The maximum atomic E-state index is 6.36. The monoisotopic (exact) mass is 372 g/mol. The zero-order valence-corrected chi connectivity index (χ0v) is 15.0. The number of halogens is 2. The standard InChI is InChI=1S/C16H22BrClN2O/c1-3-21-16(8-4-5-10(2)9-16)15-19-13(11-6-7-11)12(17)14(18)20-15/h10-11H,3-9H2,1-2H3. The lowest BCUT2D eigenvalue weighted by atomic mass is 9.78. The molecular formula is C16H22BrClN2O. The van der Waals surface area contributed by atoms with Crippen molar-refractivity contribution in [1.82, 2.24) is 9.97 Å². The number of hydrogen-bond acceptors (Lipinski definition) is 3. The maximum absolute atomic E-state index is 6.36. The third-order valence-corrected chi connectivity index (χ3v) is 5.87. The maximum Gasteiger partial charge on any atom is 0.162 e. The average Bonchev–Trinajstić information content (AvgIpc) is 3.26. The Morgan fingerprint density at radius 3 is 2.71 bits per heavy atom. The summed E-state index contributed by atoms with van der Waals surface area (Å²) in [7, 11) is 0. The minimum Gasteiger partial charge on any atom is -0.367 e. The van der Waals surface area contributed by atoms with Crippen LogP contribution in [0.5, 0.6) is 0 Å². The van der Waals surface area contributed by atoms with Crippen molar-refractivity contribution in [2.24, 2.45) is 5.92 Å². The van der Waals surface area contributed by atoms with Gasteiger partial charge in [0, 0.05) is 12.5 Å². The lowest BCUT2D eigenvalue weighted by Crippen LogP contribution is -2.37. The lowest BCUT2D eigenvalue weighted by Gasteiger charge is -2.38. The molecule has 0 N–H and O–H groups in total. The molecule has 0 amide bonds. The van der Waals surface area contributed by atoms with Gasteiger partial charge in [0.1, 0.15) is 10.8 Å².